The Bertz CT molecular complexity index is 812. The number of aliphatic hydroxyl groups excluding tert-OH is 1. The first kappa shape index (κ1) is 19.2. The van der Waals surface area contributed by atoms with Crippen LogP contribution in [0.15, 0.2) is 48.5 Å². The smallest absolute Gasteiger partial charge is 0.223 e. The lowest BCUT2D eigenvalue weighted by molar-refractivity contribution is -0.125. The summed E-state index contributed by atoms with van der Waals surface area (Å²) in [5.74, 6) is 0.612. The largest absolute Gasteiger partial charge is 0.395 e. The number of carbonyl (C=O) groups excluding carboxylic acids is 1. The third kappa shape index (κ3) is 3.85. The number of amides is 1. The van der Waals surface area contributed by atoms with Gasteiger partial charge in [0.25, 0.3) is 0 Å². The molecule has 1 amide bonds. The number of hydrogen-bond donors (Lipinski definition) is 3. The first-order valence-corrected chi connectivity index (χ1v) is 10.5. The molecule has 4 heteroatoms. The molecule has 0 spiro atoms. The van der Waals surface area contributed by atoms with Crippen molar-refractivity contribution in [2.75, 3.05) is 13.2 Å². The van der Waals surface area contributed by atoms with E-state index in [4.69, 9.17) is 0 Å². The van der Waals surface area contributed by atoms with Crippen LogP contribution < -0.4 is 10.6 Å². The van der Waals surface area contributed by atoms with Crippen molar-refractivity contribution in [2.45, 2.75) is 50.6 Å². The first-order chi connectivity index (χ1) is 13.7. The van der Waals surface area contributed by atoms with Crippen LogP contribution in [0.1, 0.15) is 42.7 Å². The number of nitrogens with one attached hydrogen (secondary N) is 2. The van der Waals surface area contributed by atoms with Crippen molar-refractivity contribution < 1.29 is 9.90 Å². The zero-order valence-electron chi connectivity index (χ0n) is 16.5. The number of aryl methyl sites for hydroxylation is 1. The van der Waals surface area contributed by atoms with Crippen LogP contribution in [0.2, 0.25) is 0 Å². The van der Waals surface area contributed by atoms with Gasteiger partial charge >= 0.3 is 0 Å². The molecule has 0 aromatic heterocycles. The molecule has 28 heavy (non-hydrogen) atoms. The van der Waals surface area contributed by atoms with Gasteiger partial charge in [0.2, 0.25) is 5.91 Å². The van der Waals surface area contributed by atoms with Crippen LogP contribution in [0.4, 0.5) is 0 Å². The number of benzene rings is 2. The molecule has 2 aromatic carbocycles. The summed E-state index contributed by atoms with van der Waals surface area (Å²) in [6.45, 7) is 2.86. The normalized spacial score (nSPS) is 24.7. The molecule has 3 N–H and O–H groups in total. The molecule has 2 aromatic rings. The maximum atomic E-state index is 12.3. The van der Waals surface area contributed by atoms with Gasteiger partial charge in [0.1, 0.15) is 0 Å². The number of hydrogen-bond acceptors (Lipinski definition) is 3. The maximum absolute atomic E-state index is 12.3. The molecule has 1 heterocycles. The Hall–Kier alpha value is -2.17. The van der Waals surface area contributed by atoms with Gasteiger partial charge in [0.05, 0.1) is 6.61 Å². The van der Waals surface area contributed by atoms with Crippen LogP contribution in [0.25, 0.3) is 11.1 Å². The fourth-order valence-corrected chi connectivity index (χ4v) is 4.79. The Kier molecular flexibility index (Phi) is 5.79. The SMILES string of the molecule is Cc1ccccc1-c1ccc([C@H]2[C@@H](CO)N[C@@H]2CNC(=O)C2CCCC2)cc1. The predicted octanol–water partition coefficient (Wildman–Crippen LogP) is 3.38. The van der Waals surface area contributed by atoms with Crippen molar-refractivity contribution in [1.82, 2.24) is 10.6 Å². The highest BCUT2D eigenvalue weighted by Crippen LogP contribution is 2.34. The number of carbonyl (C=O) groups is 1. The monoisotopic (exact) mass is 378 g/mol. The van der Waals surface area contributed by atoms with E-state index in [1.807, 2.05) is 0 Å². The zero-order valence-corrected chi connectivity index (χ0v) is 16.5. The van der Waals surface area contributed by atoms with E-state index in [2.05, 4.69) is 66.1 Å². The Morgan fingerprint density at radius 1 is 1.07 bits per heavy atom. The van der Waals surface area contributed by atoms with E-state index in [9.17, 15) is 9.90 Å². The Balaban J connectivity index is 1.43. The summed E-state index contributed by atoms with van der Waals surface area (Å²) in [5.41, 5.74) is 4.94. The Morgan fingerprint density at radius 3 is 2.46 bits per heavy atom. The second kappa shape index (κ2) is 8.46. The molecule has 2 aliphatic rings. The van der Waals surface area contributed by atoms with Crippen molar-refractivity contribution in [2.24, 2.45) is 5.92 Å². The summed E-state index contributed by atoms with van der Waals surface area (Å²) < 4.78 is 0. The third-order valence-electron chi connectivity index (χ3n) is 6.47. The molecular formula is C24H30N2O2. The van der Waals surface area contributed by atoms with Crippen LogP contribution in [0.5, 0.6) is 0 Å². The van der Waals surface area contributed by atoms with E-state index in [-0.39, 0.29) is 36.4 Å². The lowest BCUT2D eigenvalue weighted by atomic mass is 9.77. The maximum Gasteiger partial charge on any atom is 0.223 e. The van der Waals surface area contributed by atoms with Gasteiger partial charge < -0.3 is 15.7 Å². The topological polar surface area (TPSA) is 61.4 Å². The predicted molar refractivity (Wildman–Crippen MR) is 112 cm³/mol. The van der Waals surface area contributed by atoms with Crippen molar-refractivity contribution in [3.8, 4) is 11.1 Å². The second-order valence-electron chi connectivity index (χ2n) is 8.25. The van der Waals surface area contributed by atoms with E-state index >= 15 is 0 Å². The van der Waals surface area contributed by atoms with Gasteiger partial charge in [-0.15, -0.1) is 0 Å². The lowest BCUT2D eigenvalue weighted by Crippen LogP contribution is -2.64. The fraction of sp³-hybridized carbons (Fsp3) is 0.458. The molecular weight excluding hydrogens is 348 g/mol. The van der Waals surface area contributed by atoms with Gasteiger partial charge in [-0.3, -0.25) is 4.79 Å². The minimum Gasteiger partial charge on any atom is -0.395 e. The lowest BCUT2D eigenvalue weighted by Gasteiger charge is -2.46. The molecule has 0 bridgehead atoms. The van der Waals surface area contributed by atoms with Crippen LogP contribution in [-0.4, -0.2) is 36.2 Å². The highest BCUT2D eigenvalue weighted by atomic mass is 16.3. The summed E-state index contributed by atoms with van der Waals surface area (Å²) in [6, 6.07) is 17.3. The average molecular weight is 379 g/mol. The van der Waals surface area contributed by atoms with Crippen LogP contribution >= 0.6 is 0 Å². The second-order valence-corrected chi connectivity index (χ2v) is 8.25. The quantitative estimate of drug-likeness (QED) is 0.722. The van der Waals surface area contributed by atoms with Crippen LogP contribution in [0, 0.1) is 12.8 Å². The minimum absolute atomic E-state index is 0.0534. The molecule has 2 fully saturated rings. The van der Waals surface area contributed by atoms with E-state index in [0.29, 0.717) is 6.54 Å². The number of aliphatic hydroxyl groups is 1. The highest BCUT2D eigenvalue weighted by Gasteiger charge is 2.41. The molecule has 1 saturated carbocycles. The van der Waals surface area contributed by atoms with Gasteiger partial charge in [-0.05, 0) is 42.0 Å². The van der Waals surface area contributed by atoms with E-state index in [1.165, 1.54) is 35.1 Å². The summed E-state index contributed by atoms with van der Waals surface area (Å²) in [4.78, 5) is 12.3. The molecule has 3 atom stereocenters. The molecule has 1 saturated heterocycles. The number of rotatable bonds is 6. The highest BCUT2D eigenvalue weighted by molar-refractivity contribution is 5.78. The van der Waals surface area contributed by atoms with Crippen molar-refractivity contribution >= 4 is 5.91 Å². The molecule has 4 nitrogen and oxygen atoms in total. The summed E-state index contributed by atoms with van der Waals surface area (Å²) in [6.07, 6.45) is 4.38. The molecule has 1 aliphatic carbocycles. The molecule has 4 rings (SSSR count). The van der Waals surface area contributed by atoms with Crippen molar-refractivity contribution in [3.05, 3.63) is 59.7 Å². The molecule has 1 aliphatic heterocycles. The van der Waals surface area contributed by atoms with Crippen molar-refractivity contribution in [1.29, 1.82) is 0 Å². The minimum atomic E-state index is 0.0534. The molecule has 0 radical (unpaired) electrons. The van der Waals surface area contributed by atoms with Crippen LogP contribution in [-0.2, 0) is 4.79 Å². The van der Waals surface area contributed by atoms with Gasteiger partial charge in [-0.1, -0.05) is 61.4 Å². The van der Waals surface area contributed by atoms with Gasteiger partial charge in [0.15, 0.2) is 0 Å². The van der Waals surface area contributed by atoms with E-state index < -0.39 is 0 Å². The Labute approximate surface area is 167 Å². The molecule has 148 valence electrons. The fourth-order valence-electron chi connectivity index (χ4n) is 4.79. The zero-order chi connectivity index (χ0) is 19.5. The first-order valence-electron chi connectivity index (χ1n) is 10.5. The van der Waals surface area contributed by atoms with E-state index in [0.717, 1.165) is 12.8 Å². The average Bonchev–Trinajstić information content (AvgIpc) is 3.23. The molecule has 0 unspecified atom stereocenters. The van der Waals surface area contributed by atoms with Gasteiger partial charge in [0, 0.05) is 30.5 Å². The van der Waals surface area contributed by atoms with Crippen LogP contribution in [0.3, 0.4) is 0 Å². The Morgan fingerprint density at radius 2 is 1.79 bits per heavy atom. The summed E-state index contributed by atoms with van der Waals surface area (Å²) in [5, 5.41) is 16.3. The third-order valence-corrected chi connectivity index (χ3v) is 6.47. The van der Waals surface area contributed by atoms with E-state index in [1.54, 1.807) is 0 Å². The van der Waals surface area contributed by atoms with Crippen molar-refractivity contribution in [3.63, 3.8) is 0 Å². The summed E-state index contributed by atoms with van der Waals surface area (Å²) >= 11 is 0. The summed E-state index contributed by atoms with van der Waals surface area (Å²) in [7, 11) is 0. The van der Waals surface area contributed by atoms with Gasteiger partial charge in [-0.25, -0.2) is 0 Å². The van der Waals surface area contributed by atoms with Gasteiger partial charge in [-0.2, -0.15) is 0 Å². The standard InChI is InChI=1S/C24H30N2O2/c1-16-6-2-5-9-20(16)17-10-12-18(13-11-17)23-21(26-22(23)15-27)14-25-24(28)19-7-3-4-8-19/h2,5-6,9-13,19,21-23,26-27H,3-4,7-8,14-15H2,1H3,(H,25,28)/t21-,22-,23-/m1/s1.